The van der Waals surface area contributed by atoms with Crippen LogP contribution >= 0.6 is 24.0 Å². The molecule has 0 bridgehead atoms. The maximum absolute atomic E-state index is 12.1. The molecule has 0 saturated carbocycles. The van der Waals surface area contributed by atoms with Gasteiger partial charge in [-0.1, -0.05) is 25.1 Å². The van der Waals surface area contributed by atoms with E-state index in [9.17, 15) is 9.59 Å². The lowest BCUT2D eigenvalue weighted by Gasteiger charge is -2.19. The Labute approximate surface area is 151 Å². The van der Waals surface area contributed by atoms with Gasteiger partial charge in [0.2, 0.25) is 5.91 Å². The van der Waals surface area contributed by atoms with Crippen molar-refractivity contribution < 1.29 is 9.59 Å². The zero-order valence-corrected chi connectivity index (χ0v) is 15.3. The zero-order valence-electron chi connectivity index (χ0n) is 13.6. The van der Waals surface area contributed by atoms with Crippen molar-refractivity contribution in [1.82, 2.24) is 15.2 Å². The van der Waals surface area contributed by atoms with E-state index >= 15 is 0 Å². The molecule has 1 aliphatic heterocycles. The summed E-state index contributed by atoms with van der Waals surface area (Å²) < 4.78 is 0.602. The van der Waals surface area contributed by atoms with Gasteiger partial charge < -0.3 is 20.9 Å². The van der Waals surface area contributed by atoms with E-state index in [1.165, 1.54) is 0 Å². The van der Waals surface area contributed by atoms with Crippen molar-refractivity contribution >= 4 is 35.8 Å². The summed E-state index contributed by atoms with van der Waals surface area (Å²) >= 11 is 6.71. The number of aromatic nitrogens is 1. The summed E-state index contributed by atoms with van der Waals surface area (Å²) in [5.74, 6) is 1.72. The number of nitrogens with one attached hydrogen (secondary N) is 2. The Morgan fingerprint density at radius 3 is 2.88 bits per heavy atom. The number of carbonyl (C=O) groups excluding carboxylic acids is 2. The minimum atomic E-state index is -0.397. The lowest BCUT2D eigenvalue weighted by Crippen LogP contribution is -2.42. The van der Waals surface area contributed by atoms with Crippen LogP contribution in [0.2, 0.25) is 0 Å². The maximum atomic E-state index is 12.1. The van der Waals surface area contributed by atoms with Gasteiger partial charge in [-0.05, 0) is 25.0 Å². The highest BCUT2D eigenvalue weighted by Gasteiger charge is 2.23. The molecule has 1 atom stereocenters. The quantitative estimate of drug-likeness (QED) is 0.481. The molecule has 2 amide bonds. The number of H-pyrrole nitrogens is 1. The molecule has 1 saturated heterocycles. The third kappa shape index (κ3) is 5.92. The van der Waals surface area contributed by atoms with Crippen LogP contribution in [0.3, 0.4) is 0 Å². The highest BCUT2D eigenvalue weighted by molar-refractivity contribution is 7.99. The molecule has 0 radical (unpaired) electrons. The van der Waals surface area contributed by atoms with Gasteiger partial charge in [0.25, 0.3) is 5.91 Å². The predicted octanol–water partition coefficient (Wildman–Crippen LogP) is 1.89. The lowest BCUT2D eigenvalue weighted by atomic mass is 10.1. The van der Waals surface area contributed by atoms with E-state index in [0.717, 1.165) is 37.4 Å². The minimum Gasteiger partial charge on any atom is -0.352 e. The number of amides is 2. The van der Waals surface area contributed by atoms with Crippen LogP contribution in [0.5, 0.6) is 0 Å². The summed E-state index contributed by atoms with van der Waals surface area (Å²) in [6, 6.07) is 3.00. The molecule has 0 aromatic carbocycles. The highest BCUT2D eigenvalue weighted by Crippen LogP contribution is 2.15. The van der Waals surface area contributed by atoms with Crippen molar-refractivity contribution in [3.8, 4) is 0 Å². The zero-order chi connectivity index (χ0) is 17.4. The number of aromatic amines is 1. The van der Waals surface area contributed by atoms with Crippen LogP contribution in [-0.4, -0.2) is 52.5 Å². The molecule has 4 N–H and O–H groups in total. The minimum absolute atomic E-state index is 0.0646. The summed E-state index contributed by atoms with van der Waals surface area (Å²) in [6.07, 6.45) is 5.01. The Morgan fingerprint density at radius 2 is 2.21 bits per heavy atom. The average molecular weight is 369 g/mol. The van der Waals surface area contributed by atoms with Gasteiger partial charge in [0.05, 0.1) is 17.5 Å². The van der Waals surface area contributed by atoms with Gasteiger partial charge in [0.1, 0.15) is 4.64 Å². The molecule has 0 aliphatic carbocycles. The van der Waals surface area contributed by atoms with E-state index in [0.29, 0.717) is 23.2 Å². The molecule has 24 heavy (non-hydrogen) atoms. The monoisotopic (exact) mass is 368 g/mol. The second-order valence-corrected chi connectivity index (χ2v) is 7.31. The van der Waals surface area contributed by atoms with E-state index in [2.05, 4.69) is 10.3 Å². The standard InChI is InChI=1S/C16H24N4O2S2/c17-13(16(22)20-8-9-24-11-20)4-2-1-3-7-18-15(21)12-5-6-14(23)19-10-12/h5-6,10,13H,1-4,7-9,11,17H2,(H,18,21)(H,19,23). The van der Waals surface area contributed by atoms with Gasteiger partial charge in [-0.3, -0.25) is 9.59 Å². The van der Waals surface area contributed by atoms with Crippen LogP contribution < -0.4 is 11.1 Å². The molecule has 1 aliphatic rings. The molecular weight excluding hydrogens is 344 g/mol. The van der Waals surface area contributed by atoms with E-state index in [-0.39, 0.29) is 11.8 Å². The molecule has 132 valence electrons. The van der Waals surface area contributed by atoms with Crippen LogP contribution in [0.25, 0.3) is 0 Å². The molecule has 1 aromatic rings. The van der Waals surface area contributed by atoms with Crippen LogP contribution in [-0.2, 0) is 4.79 Å². The average Bonchev–Trinajstić information content (AvgIpc) is 3.12. The number of nitrogens with two attached hydrogens (primary N) is 1. The Bertz CT molecular complexity index is 594. The molecule has 6 nitrogen and oxygen atoms in total. The van der Waals surface area contributed by atoms with Crippen molar-refractivity contribution in [3.05, 3.63) is 28.5 Å². The topological polar surface area (TPSA) is 91.2 Å². The maximum Gasteiger partial charge on any atom is 0.252 e. The number of carbonyl (C=O) groups is 2. The number of hydrogen-bond acceptors (Lipinski definition) is 5. The Balaban J connectivity index is 1.56. The second kappa shape index (κ2) is 9.80. The lowest BCUT2D eigenvalue weighted by molar-refractivity contribution is -0.131. The summed E-state index contributed by atoms with van der Waals surface area (Å²) in [5.41, 5.74) is 6.54. The third-order valence-corrected chi connectivity index (χ3v) is 5.12. The van der Waals surface area contributed by atoms with Gasteiger partial charge in [0.15, 0.2) is 0 Å². The van der Waals surface area contributed by atoms with Crippen molar-refractivity contribution in [2.75, 3.05) is 24.7 Å². The third-order valence-electron chi connectivity index (χ3n) is 3.91. The van der Waals surface area contributed by atoms with E-state index in [1.807, 2.05) is 4.90 Å². The predicted molar refractivity (Wildman–Crippen MR) is 99.4 cm³/mol. The summed E-state index contributed by atoms with van der Waals surface area (Å²) in [5, 5.41) is 2.87. The summed E-state index contributed by atoms with van der Waals surface area (Å²) in [4.78, 5) is 28.6. The Morgan fingerprint density at radius 1 is 1.38 bits per heavy atom. The number of unbranched alkanes of at least 4 members (excludes halogenated alkanes) is 2. The van der Waals surface area contributed by atoms with Crippen LogP contribution in [0, 0.1) is 4.64 Å². The fourth-order valence-electron chi connectivity index (χ4n) is 2.47. The van der Waals surface area contributed by atoms with Gasteiger partial charge in [-0.25, -0.2) is 0 Å². The van der Waals surface area contributed by atoms with Gasteiger partial charge >= 0.3 is 0 Å². The SMILES string of the molecule is NC(CCCCCNC(=O)c1ccc(=S)[nH]c1)C(=O)N1CCSC1. The smallest absolute Gasteiger partial charge is 0.252 e. The Kier molecular flexibility index (Phi) is 7.74. The number of rotatable bonds is 8. The van der Waals surface area contributed by atoms with Gasteiger partial charge in [-0.2, -0.15) is 0 Å². The largest absolute Gasteiger partial charge is 0.352 e. The van der Waals surface area contributed by atoms with Gasteiger partial charge in [-0.15, -0.1) is 11.8 Å². The molecular formula is C16H24N4O2S2. The van der Waals surface area contributed by atoms with Gasteiger partial charge in [0, 0.05) is 25.0 Å². The molecule has 8 heteroatoms. The first kappa shape index (κ1) is 19.0. The highest BCUT2D eigenvalue weighted by atomic mass is 32.2. The van der Waals surface area contributed by atoms with E-state index < -0.39 is 6.04 Å². The number of nitrogens with zero attached hydrogens (tertiary/aromatic N) is 1. The molecule has 1 unspecified atom stereocenters. The second-order valence-electron chi connectivity index (χ2n) is 5.79. The molecule has 1 fully saturated rings. The van der Waals surface area contributed by atoms with Crippen LogP contribution in [0.15, 0.2) is 18.3 Å². The molecule has 2 heterocycles. The molecule has 2 rings (SSSR count). The molecule has 1 aromatic heterocycles. The first-order chi connectivity index (χ1) is 11.6. The Hall–Kier alpha value is -1.38. The van der Waals surface area contributed by atoms with E-state index in [4.69, 9.17) is 18.0 Å². The van der Waals surface area contributed by atoms with Crippen molar-refractivity contribution in [2.24, 2.45) is 5.73 Å². The molecule has 0 spiro atoms. The van der Waals surface area contributed by atoms with Crippen molar-refractivity contribution in [3.63, 3.8) is 0 Å². The fraction of sp³-hybridized carbons (Fsp3) is 0.562. The summed E-state index contributed by atoms with van der Waals surface area (Å²) in [6.45, 7) is 1.42. The normalized spacial score (nSPS) is 15.3. The van der Waals surface area contributed by atoms with Crippen molar-refractivity contribution in [2.45, 2.75) is 31.7 Å². The first-order valence-corrected chi connectivity index (χ1v) is 9.73. The van der Waals surface area contributed by atoms with Crippen molar-refractivity contribution in [1.29, 1.82) is 0 Å². The van der Waals surface area contributed by atoms with Crippen LogP contribution in [0.1, 0.15) is 36.0 Å². The number of thioether (sulfide) groups is 1. The van der Waals surface area contributed by atoms with E-state index in [1.54, 1.807) is 30.1 Å². The first-order valence-electron chi connectivity index (χ1n) is 8.17. The fourth-order valence-corrected chi connectivity index (χ4v) is 3.55. The number of hydrogen-bond donors (Lipinski definition) is 3. The van der Waals surface area contributed by atoms with Crippen LogP contribution in [0.4, 0.5) is 0 Å². The summed E-state index contributed by atoms with van der Waals surface area (Å²) in [7, 11) is 0. The number of pyridine rings is 1.